The molecule has 0 bridgehead atoms. The Bertz CT molecular complexity index is 1080. The Morgan fingerprint density at radius 3 is 2.00 bits per heavy atom. The van der Waals surface area contributed by atoms with Crippen molar-refractivity contribution in [2.45, 2.75) is 18.0 Å². The van der Waals surface area contributed by atoms with Gasteiger partial charge in [-0.1, -0.05) is 0 Å². The molecule has 0 spiro atoms. The van der Waals surface area contributed by atoms with Crippen LogP contribution in [0.3, 0.4) is 0 Å². The molecule has 1 amide bonds. The SMILES string of the molecule is COc1ccc(S(=O)(=O)N2CCN(C(=O)CN(Cc3ccco3)Cc3ccco3)CC2)cc1. The third kappa shape index (κ3) is 5.65. The second-order valence-corrected chi connectivity index (χ2v) is 9.70. The largest absolute Gasteiger partial charge is 0.497 e. The lowest BCUT2D eigenvalue weighted by atomic mass is 10.3. The molecule has 1 fully saturated rings. The molecule has 176 valence electrons. The zero-order chi connectivity index (χ0) is 23.3. The fourth-order valence-electron chi connectivity index (χ4n) is 3.78. The van der Waals surface area contributed by atoms with Crippen LogP contribution < -0.4 is 4.74 Å². The number of carbonyl (C=O) groups is 1. The van der Waals surface area contributed by atoms with Crippen molar-refractivity contribution in [2.75, 3.05) is 39.8 Å². The fourth-order valence-corrected chi connectivity index (χ4v) is 5.20. The molecule has 3 heterocycles. The summed E-state index contributed by atoms with van der Waals surface area (Å²) in [6.07, 6.45) is 3.20. The van der Waals surface area contributed by atoms with E-state index in [1.807, 2.05) is 29.2 Å². The van der Waals surface area contributed by atoms with Crippen LogP contribution >= 0.6 is 0 Å². The number of amides is 1. The molecule has 1 aliphatic heterocycles. The van der Waals surface area contributed by atoms with Crippen LogP contribution in [0.4, 0.5) is 0 Å². The summed E-state index contributed by atoms with van der Waals surface area (Å²) < 4.78 is 43.3. The summed E-state index contributed by atoms with van der Waals surface area (Å²) in [5.41, 5.74) is 0. The van der Waals surface area contributed by atoms with Gasteiger partial charge in [0, 0.05) is 26.2 Å². The lowest BCUT2D eigenvalue weighted by Crippen LogP contribution is -2.52. The van der Waals surface area contributed by atoms with Crippen molar-refractivity contribution in [1.82, 2.24) is 14.1 Å². The van der Waals surface area contributed by atoms with Crippen molar-refractivity contribution in [3.8, 4) is 5.75 Å². The van der Waals surface area contributed by atoms with Crippen molar-refractivity contribution in [2.24, 2.45) is 0 Å². The third-order valence-electron chi connectivity index (χ3n) is 5.57. The van der Waals surface area contributed by atoms with Crippen LogP contribution in [-0.4, -0.2) is 68.3 Å². The van der Waals surface area contributed by atoms with Gasteiger partial charge in [-0.15, -0.1) is 0 Å². The minimum Gasteiger partial charge on any atom is -0.497 e. The summed E-state index contributed by atoms with van der Waals surface area (Å²) in [7, 11) is -2.09. The van der Waals surface area contributed by atoms with Crippen LogP contribution in [0.25, 0.3) is 0 Å². The van der Waals surface area contributed by atoms with Crippen LogP contribution in [0.15, 0.2) is 74.8 Å². The average Bonchev–Trinajstić information content (AvgIpc) is 3.53. The molecule has 4 rings (SSSR count). The molecule has 0 aliphatic carbocycles. The van der Waals surface area contributed by atoms with Gasteiger partial charge in [0.1, 0.15) is 17.3 Å². The van der Waals surface area contributed by atoms with Crippen molar-refractivity contribution in [3.63, 3.8) is 0 Å². The second-order valence-electron chi connectivity index (χ2n) is 7.76. The Balaban J connectivity index is 1.36. The van der Waals surface area contributed by atoms with Crippen molar-refractivity contribution < 1.29 is 26.8 Å². The van der Waals surface area contributed by atoms with Crippen LogP contribution in [0, 0.1) is 0 Å². The summed E-state index contributed by atoms with van der Waals surface area (Å²) in [6, 6.07) is 13.7. The minimum absolute atomic E-state index is 0.0605. The van der Waals surface area contributed by atoms with Crippen molar-refractivity contribution >= 4 is 15.9 Å². The number of rotatable bonds is 9. The molecule has 10 heteroatoms. The highest BCUT2D eigenvalue weighted by Gasteiger charge is 2.30. The number of hydrogen-bond donors (Lipinski definition) is 0. The molecule has 1 saturated heterocycles. The Labute approximate surface area is 193 Å². The van der Waals surface area contributed by atoms with E-state index in [1.54, 1.807) is 29.6 Å². The summed E-state index contributed by atoms with van der Waals surface area (Å²) >= 11 is 0. The highest BCUT2D eigenvalue weighted by atomic mass is 32.2. The molecule has 1 aromatic carbocycles. The Morgan fingerprint density at radius 2 is 1.52 bits per heavy atom. The minimum atomic E-state index is -3.62. The Hall–Kier alpha value is -3.08. The highest BCUT2D eigenvalue weighted by Crippen LogP contribution is 2.21. The van der Waals surface area contributed by atoms with Crippen LogP contribution in [0.5, 0.6) is 5.75 Å². The number of piperazine rings is 1. The first-order valence-corrected chi connectivity index (χ1v) is 12.1. The summed E-state index contributed by atoms with van der Waals surface area (Å²) in [6.45, 7) is 2.27. The van der Waals surface area contributed by atoms with E-state index in [1.165, 1.54) is 23.5 Å². The van der Waals surface area contributed by atoms with E-state index in [0.29, 0.717) is 31.9 Å². The molecule has 0 saturated carbocycles. The number of methoxy groups -OCH3 is 1. The van der Waals surface area contributed by atoms with Gasteiger partial charge in [0.05, 0.1) is 44.2 Å². The summed E-state index contributed by atoms with van der Waals surface area (Å²) in [4.78, 5) is 16.9. The monoisotopic (exact) mass is 473 g/mol. The van der Waals surface area contributed by atoms with Crippen molar-refractivity contribution in [1.29, 1.82) is 0 Å². The average molecular weight is 474 g/mol. The molecule has 3 aromatic rings. The zero-order valence-corrected chi connectivity index (χ0v) is 19.2. The Kier molecular flexibility index (Phi) is 7.17. The lowest BCUT2D eigenvalue weighted by Gasteiger charge is -2.35. The molecule has 0 unspecified atom stereocenters. The van der Waals surface area contributed by atoms with Crippen molar-refractivity contribution in [3.05, 3.63) is 72.6 Å². The maximum Gasteiger partial charge on any atom is 0.243 e. The molecular weight excluding hydrogens is 446 g/mol. The van der Waals surface area contributed by atoms with Gasteiger partial charge in [-0.05, 0) is 48.5 Å². The molecule has 0 radical (unpaired) electrons. The quantitative estimate of drug-likeness (QED) is 0.471. The maximum absolute atomic E-state index is 13.0. The first kappa shape index (κ1) is 23.1. The third-order valence-corrected chi connectivity index (χ3v) is 7.48. The molecular formula is C23H27N3O6S. The molecule has 0 atom stereocenters. The van der Waals surface area contributed by atoms with E-state index in [9.17, 15) is 13.2 Å². The topological polar surface area (TPSA) is 96.4 Å². The van der Waals surface area contributed by atoms with Gasteiger partial charge in [-0.3, -0.25) is 9.69 Å². The van der Waals surface area contributed by atoms with Gasteiger partial charge in [0.15, 0.2) is 0 Å². The van der Waals surface area contributed by atoms with Gasteiger partial charge in [0.2, 0.25) is 15.9 Å². The summed E-state index contributed by atoms with van der Waals surface area (Å²) in [5.74, 6) is 2.04. The van der Waals surface area contributed by atoms with Gasteiger partial charge in [-0.25, -0.2) is 8.42 Å². The number of hydrogen-bond acceptors (Lipinski definition) is 7. The molecule has 33 heavy (non-hydrogen) atoms. The van der Waals surface area contributed by atoms with E-state index >= 15 is 0 Å². The molecule has 2 aromatic heterocycles. The van der Waals surface area contributed by atoms with Gasteiger partial charge in [0.25, 0.3) is 0 Å². The number of furan rings is 2. The van der Waals surface area contributed by atoms with E-state index in [2.05, 4.69) is 0 Å². The first-order chi connectivity index (χ1) is 16.0. The number of benzene rings is 1. The van der Waals surface area contributed by atoms with Crippen LogP contribution in [0.1, 0.15) is 11.5 Å². The maximum atomic E-state index is 13.0. The molecule has 1 aliphatic rings. The first-order valence-electron chi connectivity index (χ1n) is 10.6. The van der Waals surface area contributed by atoms with E-state index in [4.69, 9.17) is 13.6 Å². The number of nitrogens with zero attached hydrogens (tertiary/aromatic N) is 3. The molecule has 0 N–H and O–H groups in total. The Morgan fingerprint density at radius 1 is 0.939 bits per heavy atom. The van der Waals surface area contributed by atoms with Crippen LogP contribution in [0.2, 0.25) is 0 Å². The van der Waals surface area contributed by atoms with Crippen LogP contribution in [-0.2, 0) is 27.9 Å². The normalized spacial score (nSPS) is 15.2. The number of carbonyl (C=O) groups excluding carboxylic acids is 1. The van der Waals surface area contributed by atoms with E-state index in [-0.39, 0.29) is 30.4 Å². The predicted octanol–water partition coefficient (Wildman–Crippen LogP) is 2.42. The smallest absolute Gasteiger partial charge is 0.243 e. The fraction of sp³-hybridized carbons (Fsp3) is 0.348. The second kappa shape index (κ2) is 10.2. The summed E-state index contributed by atoms with van der Waals surface area (Å²) in [5, 5.41) is 0. The highest BCUT2D eigenvalue weighted by molar-refractivity contribution is 7.89. The van der Waals surface area contributed by atoms with Gasteiger partial charge in [-0.2, -0.15) is 4.31 Å². The standard InChI is InChI=1S/C23H27N3O6S/c1-30-19-6-8-22(9-7-19)33(28,29)26-12-10-25(11-13-26)23(27)18-24(16-20-4-2-14-31-20)17-21-5-3-15-32-21/h2-9,14-15H,10-13,16-18H2,1H3. The van der Waals surface area contributed by atoms with E-state index in [0.717, 1.165) is 11.5 Å². The predicted molar refractivity (Wildman–Crippen MR) is 120 cm³/mol. The molecule has 9 nitrogen and oxygen atoms in total. The van der Waals surface area contributed by atoms with Gasteiger partial charge >= 0.3 is 0 Å². The lowest BCUT2D eigenvalue weighted by molar-refractivity contribution is -0.134. The number of ether oxygens (including phenoxy) is 1. The number of sulfonamides is 1. The van der Waals surface area contributed by atoms with Gasteiger partial charge < -0.3 is 18.5 Å². The van der Waals surface area contributed by atoms with E-state index < -0.39 is 10.0 Å². The zero-order valence-electron chi connectivity index (χ0n) is 18.4.